The van der Waals surface area contributed by atoms with E-state index in [1.807, 2.05) is 19.1 Å². The minimum Gasteiger partial charge on any atom is -0.462 e. The van der Waals surface area contributed by atoms with Crippen molar-refractivity contribution in [3.05, 3.63) is 35.4 Å². The largest absolute Gasteiger partial charge is 0.462 e. The molecule has 1 aliphatic heterocycles. The molecule has 1 aliphatic rings. The second-order valence-electron chi connectivity index (χ2n) is 6.68. The Hall–Kier alpha value is -1.70. The molecule has 0 radical (unpaired) electrons. The molecule has 0 aliphatic carbocycles. The Kier molecular flexibility index (Phi) is 6.23. The van der Waals surface area contributed by atoms with Crippen LogP contribution in [0.3, 0.4) is 0 Å². The summed E-state index contributed by atoms with van der Waals surface area (Å²) in [6, 6.07) is 4.35. The number of aromatic nitrogens is 2. The van der Waals surface area contributed by atoms with Crippen molar-refractivity contribution in [1.82, 2.24) is 19.9 Å². The first-order valence-electron chi connectivity index (χ1n) is 9.12. The SMILES string of the molecule is CCN(Cc1noc(C)n1)[C@@H]1CCCN(Cc2ccc(CO)o2)CC1. The van der Waals surface area contributed by atoms with Crippen molar-refractivity contribution < 1.29 is 14.0 Å². The van der Waals surface area contributed by atoms with Gasteiger partial charge in [0.2, 0.25) is 5.89 Å². The van der Waals surface area contributed by atoms with Gasteiger partial charge in [0, 0.05) is 19.5 Å². The van der Waals surface area contributed by atoms with E-state index in [0.29, 0.717) is 17.7 Å². The van der Waals surface area contributed by atoms with E-state index in [4.69, 9.17) is 14.0 Å². The summed E-state index contributed by atoms with van der Waals surface area (Å²) in [6.45, 7) is 8.63. The second-order valence-corrected chi connectivity index (χ2v) is 6.68. The molecule has 0 saturated carbocycles. The molecule has 0 unspecified atom stereocenters. The number of likely N-dealkylation sites (tertiary alicyclic amines) is 1. The number of aryl methyl sites for hydroxylation is 1. The predicted molar refractivity (Wildman–Crippen MR) is 92.7 cm³/mol. The first kappa shape index (κ1) is 18.1. The first-order valence-corrected chi connectivity index (χ1v) is 9.12. The van der Waals surface area contributed by atoms with Crippen LogP contribution in [0.4, 0.5) is 0 Å². The van der Waals surface area contributed by atoms with Crippen LogP contribution in [0.1, 0.15) is 49.4 Å². The lowest BCUT2D eigenvalue weighted by molar-refractivity contribution is 0.168. The van der Waals surface area contributed by atoms with Gasteiger partial charge in [-0.05, 0) is 44.5 Å². The van der Waals surface area contributed by atoms with Gasteiger partial charge in [0.15, 0.2) is 5.82 Å². The van der Waals surface area contributed by atoms with Crippen LogP contribution in [0, 0.1) is 6.92 Å². The highest BCUT2D eigenvalue weighted by Gasteiger charge is 2.23. The van der Waals surface area contributed by atoms with E-state index in [1.54, 1.807) is 0 Å². The zero-order valence-corrected chi connectivity index (χ0v) is 15.1. The first-order chi connectivity index (χ1) is 12.2. The van der Waals surface area contributed by atoms with Gasteiger partial charge >= 0.3 is 0 Å². The molecular weight excluding hydrogens is 320 g/mol. The van der Waals surface area contributed by atoms with Crippen molar-refractivity contribution >= 4 is 0 Å². The van der Waals surface area contributed by atoms with Crippen molar-refractivity contribution in [2.75, 3.05) is 19.6 Å². The van der Waals surface area contributed by atoms with Gasteiger partial charge in [-0.1, -0.05) is 12.1 Å². The molecule has 25 heavy (non-hydrogen) atoms. The average Bonchev–Trinajstić information content (AvgIpc) is 3.17. The molecule has 2 aromatic rings. The summed E-state index contributed by atoms with van der Waals surface area (Å²) >= 11 is 0. The molecule has 1 atom stereocenters. The van der Waals surface area contributed by atoms with Crippen molar-refractivity contribution in [2.45, 2.75) is 58.8 Å². The monoisotopic (exact) mass is 348 g/mol. The third kappa shape index (κ3) is 4.90. The molecule has 7 heteroatoms. The molecule has 2 aromatic heterocycles. The van der Waals surface area contributed by atoms with Gasteiger partial charge in [-0.15, -0.1) is 0 Å². The van der Waals surface area contributed by atoms with Crippen LogP contribution in [-0.4, -0.2) is 50.7 Å². The Morgan fingerprint density at radius 2 is 2.12 bits per heavy atom. The molecule has 0 bridgehead atoms. The Morgan fingerprint density at radius 3 is 2.80 bits per heavy atom. The summed E-state index contributed by atoms with van der Waals surface area (Å²) in [5.74, 6) is 2.96. The lowest BCUT2D eigenvalue weighted by Crippen LogP contribution is -2.36. The lowest BCUT2D eigenvalue weighted by atomic mass is 10.1. The van der Waals surface area contributed by atoms with E-state index >= 15 is 0 Å². The Balaban J connectivity index is 1.54. The van der Waals surface area contributed by atoms with E-state index in [-0.39, 0.29) is 6.61 Å². The summed E-state index contributed by atoms with van der Waals surface area (Å²) in [5, 5.41) is 13.1. The van der Waals surface area contributed by atoms with Crippen LogP contribution in [0.5, 0.6) is 0 Å². The third-order valence-corrected chi connectivity index (χ3v) is 4.88. The molecule has 0 aromatic carbocycles. The topological polar surface area (TPSA) is 78.8 Å². The van der Waals surface area contributed by atoms with Crippen LogP contribution in [0.15, 0.2) is 21.1 Å². The molecule has 0 spiro atoms. The maximum Gasteiger partial charge on any atom is 0.223 e. The number of furan rings is 1. The van der Waals surface area contributed by atoms with Gasteiger partial charge in [-0.2, -0.15) is 4.98 Å². The summed E-state index contributed by atoms with van der Waals surface area (Å²) in [5.41, 5.74) is 0. The predicted octanol–water partition coefficient (Wildman–Crippen LogP) is 2.34. The Labute approximate surface area is 148 Å². The molecule has 138 valence electrons. The van der Waals surface area contributed by atoms with Crippen molar-refractivity contribution in [1.29, 1.82) is 0 Å². The maximum absolute atomic E-state index is 9.12. The number of aliphatic hydroxyl groups is 1. The maximum atomic E-state index is 9.12. The smallest absolute Gasteiger partial charge is 0.223 e. The van der Waals surface area contributed by atoms with E-state index in [1.165, 1.54) is 12.8 Å². The Morgan fingerprint density at radius 1 is 1.28 bits per heavy atom. The number of nitrogens with zero attached hydrogens (tertiary/aromatic N) is 4. The molecule has 7 nitrogen and oxygen atoms in total. The normalized spacial score (nSPS) is 19.4. The average molecular weight is 348 g/mol. The van der Waals surface area contributed by atoms with Crippen molar-refractivity contribution in [3.8, 4) is 0 Å². The summed E-state index contributed by atoms with van der Waals surface area (Å²) in [4.78, 5) is 9.22. The van der Waals surface area contributed by atoms with Crippen molar-refractivity contribution in [3.63, 3.8) is 0 Å². The van der Waals surface area contributed by atoms with Crippen LogP contribution < -0.4 is 0 Å². The summed E-state index contributed by atoms with van der Waals surface area (Å²) in [6.07, 6.45) is 3.47. The van der Waals surface area contributed by atoms with Gasteiger partial charge in [0.25, 0.3) is 0 Å². The van der Waals surface area contributed by atoms with E-state index < -0.39 is 0 Å². The number of rotatable bonds is 7. The molecule has 1 N–H and O–H groups in total. The minimum absolute atomic E-state index is 0.0386. The number of aliphatic hydroxyl groups excluding tert-OH is 1. The van der Waals surface area contributed by atoms with Gasteiger partial charge in [0.05, 0.1) is 13.1 Å². The van der Waals surface area contributed by atoms with Crippen LogP contribution in [0.2, 0.25) is 0 Å². The lowest BCUT2D eigenvalue weighted by Gasteiger charge is -2.28. The molecule has 1 saturated heterocycles. The fraction of sp³-hybridized carbons (Fsp3) is 0.667. The fourth-order valence-electron chi connectivity index (χ4n) is 3.56. The molecular formula is C18H28N4O3. The highest BCUT2D eigenvalue weighted by Crippen LogP contribution is 2.20. The Bertz CT molecular complexity index is 654. The quantitative estimate of drug-likeness (QED) is 0.823. The second kappa shape index (κ2) is 8.60. The van der Waals surface area contributed by atoms with E-state index in [9.17, 15) is 0 Å². The van der Waals surface area contributed by atoms with Gasteiger partial charge in [0.1, 0.15) is 18.1 Å². The van der Waals surface area contributed by atoms with Gasteiger partial charge in [-0.25, -0.2) is 0 Å². The van der Waals surface area contributed by atoms with Crippen LogP contribution in [-0.2, 0) is 19.7 Å². The highest BCUT2D eigenvalue weighted by molar-refractivity contribution is 5.06. The zero-order valence-electron chi connectivity index (χ0n) is 15.1. The molecule has 1 fully saturated rings. The molecule has 3 rings (SSSR count). The third-order valence-electron chi connectivity index (χ3n) is 4.88. The zero-order chi connectivity index (χ0) is 17.6. The standard InChI is InChI=1S/C18H28N4O3/c1-3-22(12-18-19-14(2)25-20-18)15-5-4-9-21(10-8-15)11-16-6-7-17(13-23)24-16/h6-7,15,23H,3-5,8-13H2,1-2H3/t15-/m1/s1. The highest BCUT2D eigenvalue weighted by atomic mass is 16.5. The molecule has 0 amide bonds. The number of hydrogen-bond donors (Lipinski definition) is 1. The van der Waals surface area contributed by atoms with Crippen molar-refractivity contribution in [2.24, 2.45) is 0 Å². The number of hydrogen-bond acceptors (Lipinski definition) is 7. The fourth-order valence-corrected chi connectivity index (χ4v) is 3.56. The summed E-state index contributed by atoms with van der Waals surface area (Å²) in [7, 11) is 0. The molecule has 3 heterocycles. The van der Waals surface area contributed by atoms with Gasteiger partial charge < -0.3 is 14.0 Å². The van der Waals surface area contributed by atoms with E-state index in [2.05, 4.69) is 26.9 Å². The van der Waals surface area contributed by atoms with E-state index in [0.717, 1.165) is 50.7 Å². The minimum atomic E-state index is -0.0386. The summed E-state index contributed by atoms with van der Waals surface area (Å²) < 4.78 is 10.7. The van der Waals surface area contributed by atoms with Crippen LogP contribution in [0.25, 0.3) is 0 Å². The van der Waals surface area contributed by atoms with Crippen LogP contribution >= 0.6 is 0 Å². The van der Waals surface area contributed by atoms with Gasteiger partial charge in [-0.3, -0.25) is 9.80 Å².